The van der Waals surface area contributed by atoms with Gasteiger partial charge in [-0.1, -0.05) is 12.1 Å². The van der Waals surface area contributed by atoms with Gasteiger partial charge in [0.15, 0.2) is 11.5 Å². The number of methoxy groups -OCH3 is 2. The molecule has 1 aliphatic rings. The molecule has 160 valence electrons. The molecule has 1 N–H and O–H groups in total. The van der Waals surface area contributed by atoms with Gasteiger partial charge < -0.3 is 19.7 Å². The summed E-state index contributed by atoms with van der Waals surface area (Å²) in [6, 6.07) is 11.2. The number of carbonyl (C=O) groups is 2. The van der Waals surface area contributed by atoms with Gasteiger partial charge in [0.25, 0.3) is 0 Å². The van der Waals surface area contributed by atoms with E-state index in [1.54, 1.807) is 20.4 Å². The molecule has 0 bridgehead atoms. The minimum Gasteiger partial charge on any atom is -0.493 e. The van der Waals surface area contributed by atoms with Crippen molar-refractivity contribution in [2.24, 2.45) is 5.92 Å². The summed E-state index contributed by atoms with van der Waals surface area (Å²) in [5.74, 6) is 1.53. The third-order valence-electron chi connectivity index (χ3n) is 5.53. The van der Waals surface area contributed by atoms with Crippen LogP contribution >= 0.6 is 0 Å². The fourth-order valence-electron chi connectivity index (χ4n) is 3.97. The number of amides is 2. The first kappa shape index (κ1) is 21.6. The first-order valence-electron chi connectivity index (χ1n) is 10.2. The second kappa shape index (κ2) is 10.1. The maximum Gasteiger partial charge on any atom is 0.226 e. The Morgan fingerprint density at radius 2 is 1.87 bits per heavy atom. The van der Waals surface area contributed by atoms with E-state index in [2.05, 4.69) is 10.3 Å². The van der Waals surface area contributed by atoms with Crippen LogP contribution in [0, 0.1) is 5.92 Å². The quantitative estimate of drug-likeness (QED) is 0.758. The number of benzene rings is 1. The molecule has 1 saturated heterocycles. The molecule has 0 radical (unpaired) electrons. The van der Waals surface area contributed by atoms with Gasteiger partial charge in [-0.3, -0.25) is 14.6 Å². The minimum atomic E-state index is -0.133. The van der Waals surface area contributed by atoms with Crippen LogP contribution in [0.5, 0.6) is 11.5 Å². The molecule has 2 heterocycles. The zero-order valence-electron chi connectivity index (χ0n) is 17.8. The summed E-state index contributed by atoms with van der Waals surface area (Å²) < 4.78 is 10.6. The number of pyridine rings is 1. The fourth-order valence-corrected chi connectivity index (χ4v) is 3.97. The average Bonchev–Trinajstić information content (AvgIpc) is 2.78. The number of piperidine rings is 1. The summed E-state index contributed by atoms with van der Waals surface area (Å²) in [5, 5.41) is 3.04. The van der Waals surface area contributed by atoms with Gasteiger partial charge in [0.05, 0.1) is 32.4 Å². The van der Waals surface area contributed by atoms with Gasteiger partial charge in [0.1, 0.15) is 0 Å². The molecule has 0 saturated carbocycles. The normalized spacial score (nSPS) is 15.4. The summed E-state index contributed by atoms with van der Waals surface area (Å²) in [6.07, 6.45) is 3.70. The van der Waals surface area contributed by atoms with Gasteiger partial charge in [-0.25, -0.2) is 0 Å². The van der Waals surface area contributed by atoms with Crippen molar-refractivity contribution in [3.05, 3.63) is 53.9 Å². The molecule has 30 heavy (non-hydrogen) atoms. The predicted octanol–water partition coefficient (Wildman–Crippen LogP) is 2.76. The van der Waals surface area contributed by atoms with Crippen LogP contribution in [-0.2, 0) is 16.0 Å². The van der Waals surface area contributed by atoms with E-state index in [0.29, 0.717) is 31.0 Å². The van der Waals surface area contributed by atoms with E-state index < -0.39 is 0 Å². The molecule has 2 amide bonds. The summed E-state index contributed by atoms with van der Waals surface area (Å²) in [5.41, 5.74) is 1.76. The van der Waals surface area contributed by atoms with Crippen molar-refractivity contribution in [1.82, 2.24) is 15.2 Å². The number of carbonyl (C=O) groups excluding carboxylic acids is 2. The Hall–Kier alpha value is -3.09. The van der Waals surface area contributed by atoms with E-state index in [4.69, 9.17) is 9.47 Å². The highest BCUT2D eigenvalue weighted by molar-refractivity contribution is 5.79. The number of nitrogens with zero attached hydrogens (tertiary/aromatic N) is 2. The highest BCUT2D eigenvalue weighted by Crippen LogP contribution is 2.31. The summed E-state index contributed by atoms with van der Waals surface area (Å²) in [7, 11) is 3.17. The molecule has 7 heteroatoms. The van der Waals surface area contributed by atoms with E-state index in [1.165, 1.54) is 6.92 Å². The Labute approximate surface area is 177 Å². The number of aromatic nitrogens is 1. The smallest absolute Gasteiger partial charge is 0.226 e. The van der Waals surface area contributed by atoms with Crippen LogP contribution in [-0.4, -0.2) is 49.0 Å². The maximum atomic E-state index is 12.8. The van der Waals surface area contributed by atoms with Crippen LogP contribution in [0.4, 0.5) is 0 Å². The van der Waals surface area contributed by atoms with E-state index in [-0.39, 0.29) is 23.8 Å². The fraction of sp³-hybridized carbons (Fsp3) is 0.435. The van der Waals surface area contributed by atoms with Crippen LogP contribution in [0.3, 0.4) is 0 Å². The molecule has 0 spiro atoms. The Morgan fingerprint density at radius 3 is 2.47 bits per heavy atom. The Kier molecular flexibility index (Phi) is 7.27. The van der Waals surface area contributed by atoms with Crippen LogP contribution in [0.25, 0.3) is 0 Å². The van der Waals surface area contributed by atoms with Crippen LogP contribution in [0.1, 0.15) is 37.1 Å². The topological polar surface area (TPSA) is 80.8 Å². The number of likely N-dealkylation sites (tertiary alicyclic amines) is 1. The summed E-state index contributed by atoms with van der Waals surface area (Å²) in [4.78, 5) is 30.9. The van der Waals surface area contributed by atoms with Crippen molar-refractivity contribution in [3.63, 3.8) is 0 Å². The van der Waals surface area contributed by atoms with Gasteiger partial charge in [0.2, 0.25) is 11.8 Å². The molecule has 1 fully saturated rings. The standard InChI is InChI=1S/C23H29N3O4/c1-16(27)25-23(19-6-4-5-11-24-19)18-9-12-26(13-10-18)22(28)15-17-7-8-20(29-2)21(14-17)30-3/h4-8,11,14,18,23H,9-10,12-13,15H2,1-3H3,(H,25,27)/t23-/m0/s1. The largest absolute Gasteiger partial charge is 0.493 e. The van der Waals surface area contributed by atoms with Crippen molar-refractivity contribution >= 4 is 11.8 Å². The molecule has 1 aromatic heterocycles. The number of nitrogens with one attached hydrogen (secondary N) is 1. The molecule has 1 atom stereocenters. The van der Waals surface area contributed by atoms with Crippen molar-refractivity contribution in [2.75, 3.05) is 27.3 Å². The summed E-state index contributed by atoms with van der Waals surface area (Å²) >= 11 is 0. The van der Waals surface area contributed by atoms with E-state index in [1.807, 2.05) is 41.3 Å². The molecule has 1 aromatic carbocycles. The molecular weight excluding hydrogens is 382 g/mol. The van der Waals surface area contributed by atoms with Crippen molar-refractivity contribution in [3.8, 4) is 11.5 Å². The zero-order chi connectivity index (χ0) is 21.5. The summed E-state index contributed by atoms with van der Waals surface area (Å²) in [6.45, 7) is 2.86. The molecule has 0 aliphatic carbocycles. The van der Waals surface area contributed by atoms with E-state index in [0.717, 1.165) is 24.1 Å². The van der Waals surface area contributed by atoms with Gasteiger partial charge in [-0.05, 0) is 48.6 Å². The second-order valence-electron chi connectivity index (χ2n) is 7.52. The van der Waals surface area contributed by atoms with Crippen LogP contribution in [0.2, 0.25) is 0 Å². The molecule has 3 rings (SSSR count). The maximum absolute atomic E-state index is 12.8. The Bertz CT molecular complexity index is 864. The minimum absolute atomic E-state index is 0.0717. The highest BCUT2D eigenvalue weighted by Gasteiger charge is 2.30. The van der Waals surface area contributed by atoms with Crippen molar-refractivity contribution in [1.29, 1.82) is 0 Å². The lowest BCUT2D eigenvalue weighted by atomic mass is 9.87. The SMILES string of the molecule is COc1ccc(CC(=O)N2CCC([C@H](NC(C)=O)c3ccccn3)CC2)cc1OC. The van der Waals surface area contributed by atoms with Crippen molar-refractivity contribution in [2.45, 2.75) is 32.2 Å². The van der Waals surface area contributed by atoms with Gasteiger partial charge >= 0.3 is 0 Å². The predicted molar refractivity (Wildman–Crippen MR) is 113 cm³/mol. The van der Waals surface area contributed by atoms with Crippen LogP contribution < -0.4 is 14.8 Å². The zero-order valence-corrected chi connectivity index (χ0v) is 17.8. The number of hydrogen-bond acceptors (Lipinski definition) is 5. The lowest BCUT2D eigenvalue weighted by Crippen LogP contribution is -2.43. The third-order valence-corrected chi connectivity index (χ3v) is 5.53. The molecule has 0 unspecified atom stereocenters. The van der Waals surface area contributed by atoms with Gasteiger partial charge in [-0.2, -0.15) is 0 Å². The number of hydrogen-bond donors (Lipinski definition) is 1. The second-order valence-corrected chi connectivity index (χ2v) is 7.52. The van der Waals surface area contributed by atoms with Gasteiger partial charge in [0, 0.05) is 26.2 Å². The highest BCUT2D eigenvalue weighted by atomic mass is 16.5. The number of rotatable bonds is 7. The first-order chi connectivity index (χ1) is 14.5. The molecule has 2 aromatic rings. The third kappa shape index (κ3) is 5.28. The lowest BCUT2D eigenvalue weighted by molar-refractivity contribution is -0.132. The Morgan fingerprint density at radius 1 is 1.13 bits per heavy atom. The van der Waals surface area contributed by atoms with E-state index >= 15 is 0 Å². The monoisotopic (exact) mass is 411 g/mol. The van der Waals surface area contributed by atoms with E-state index in [9.17, 15) is 9.59 Å². The lowest BCUT2D eigenvalue weighted by Gasteiger charge is -2.36. The molecular formula is C23H29N3O4. The molecule has 1 aliphatic heterocycles. The van der Waals surface area contributed by atoms with Crippen LogP contribution in [0.15, 0.2) is 42.6 Å². The van der Waals surface area contributed by atoms with Crippen molar-refractivity contribution < 1.29 is 19.1 Å². The molecule has 7 nitrogen and oxygen atoms in total. The number of ether oxygens (including phenoxy) is 2. The Balaban J connectivity index is 1.61. The first-order valence-corrected chi connectivity index (χ1v) is 10.2. The average molecular weight is 412 g/mol. The van der Waals surface area contributed by atoms with Gasteiger partial charge in [-0.15, -0.1) is 0 Å².